The second-order valence-electron chi connectivity index (χ2n) is 9.21. The summed E-state index contributed by atoms with van der Waals surface area (Å²) in [5, 5.41) is 2.32. The van der Waals surface area contributed by atoms with Gasteiger partial charge in [-0.25, -0.2) is 0 Å². The van der Waals surface area contributed by atoms with Crippen molar-refractivity contribution in [2.75, 3.05) is 11.9 Å². The Morgan fingerprint density at radius 3 is 1.87 bits per heavy atom. The maximum atomic E-state index is 6.06. The molecule has 0 amide bonds. The molecular formula is C29H27NO. The number of anilines is 2. The van der Waals surface area contributed by atoms with Gasteiger partial charge >= 0.3 is 0 Å². The number of hydrogen-bond donors (Lipinski definition) is 0. The van der Waals surface area contributed by atoms with Gasteiger partial charge in [0.25, 0.3) is 0 Å². The highest BCUT2D eigenvalue weighted by Crippen LogP contribution is 2.34. The largest absolute Gasteiger partial charge is 0.456 e. The lowest BCUT2D eigenvalue weighted by molar-refractivity contribution is 0.590. The summed E-state index contributed by atoms with van der Waals surface area (Å²) in [6.07, 6.45) is 0. The topological polar surface area (TPSA) is 16.4 Å². The summed E-state index contributed by atoms with van der Waals surface area (Å²) in [7, 11) is 2.09. The first-order valence-corrected chi connectivity index (χ1v) is 10.8. The van der Waals surface area contributed by atoms with Gasteiger partial charge in [-0.15, -0.1) is 0 Å². The standard InChI is InChI=1S/C29H27NO/c1-29(2,3)22-13-9-20(10-14-22)21-11-15-23(16-12-21)30(4)24-17-18-26-25-7-5-6-8-27(25)31-28(26)19-24/h5-19H,1-4H3. The van der Waals surface area contributed by atoms with Crippen LogP contribution in [-0.2, 0) is 5.41 Å². The number of benzene rings is 4. The van der Waals surface area contributed by atoms with Crippen LogP contribution in [0, 0.1) is 0 Å². The first-order chi connectivity index (χ1) is 14.9. The molecule has 1 heterocycles. The number of rotatable bonds is 3. The van der Waals surface area contributed by atoms with Gasteiger partial charge in [-0.2, -0.15) is 0 Å². The van der Waals surface area contributed by atoms with Crippen molar-refractivity contribution in [1.82, 2.24) is 0 Å². The fourth-order valence-corrected chi connectivity index (χ4v) is 4.11. The average molecular weight is 406 g/mol. The molecule has 0 aliphatic carbocycles. The minimum absolute atomic E-state index is 0.173. The highest BCUT2D eigenvalue weighted by molar-refractivity contribution is 6.05. The van der Waals surface area contributed by atoms with Crippen LogP contribution in [0.15, 0.2) is 95.4 Å². The summed E-state index contributed by atoms with van der Waals surface area (Å²) in [6, 6.07) is 32.3. The predicted octanol–water partition coefficient (Wildman–Crippen LogP) is 8.32. The third-order valence-electron chi connectivity index (χ3n) is 6.09. The molecule has 0 spiro atoms. The fourth-order valence-electron chi connectivity index (χ4n) is 4.11. The highest BCUT2D eigenvalue weighted by atomic mass is 16.3. The smallest absolute Gasteiger partial charge is 0.137 e. The van der Waals surface area contributed by atoms with E-state index < -0.39 is 0 Å². The van der Waals surface area contributed by atoms with Gasteiger partial charge in [-0.05, 0) is 52.4 Å². The van der Waals surface area contributed by atoms with Crippen molar-refractivity contribution in [3.63, 3.8) is 0 Å². The summed E-state index contributed by atoms with van der Waals surface area (Å²) in [4.78, 5) is 2.19. The maximum absolute atomic E-state index is 6.06. The van der Waals surface area contributed by atoms with Gasteiger partial charge in [0.15, 0.2) is 0 Å². The van der Waals surface area contributed by atoms with Crippen LogP contribution in [0.4, 0.5) is 11.4 Å². The molecule has 2 heteroatoms. The van der Waals surface area contributed by atoms with Crippen molar-refractivity contribution in [3.8, 4) is 11.1 Å². The van der Waals surface area contributed by atoms with Crippen LogP contribution in [0.1, 0.15) is 26.3 Å². The Morgan fingerprint density at radius 2 is 1.19 bits per heavy atom. The van der Waals surface area contributed by atoms with Gasteiger partial charge in [-0.3, -0.25) is 0 Å². The van der Waals surface area contributed by atoms with Gasteiger partial charge in [0.2, 0.25) is 0 Å². The van der Waals surface area contributed by atoms with Crippen LogP contribution in [0.5, 0.6) is 0 Å². The van der Waals surface area contributed by atoms with E-state index in [4.69, 9.17) is 4.42 Å². The van der Waals surface area contributed by atoms with Crippen molar-refractivity contribution >= 4 is 33.3 Å². The third-order valence-corrected chi connectivity index (χ3v) is 6.09. The molecule has 0 unspecified atom stereocenters. The van der Waals surface area contributed by atoms with Crippen molar-refractivity contribution in [1.29, 1.82) is 0 Å². The van der Waals surface area contributed by atoms with Gasteiger partial charge in [0, 0.05) is 35.3 Å². The van der Waals surface area contributed by atoms with Crippen LogP contribution in [0.2, 0.25) is 0 Å². The Labute approximate surface area is 183 Å². The second kappa shape index (κ2) is 7.31. The Kier molecular flexibility index (Phi) is 4.59. The van der Waals surface area contributed by atoms with Crippen molar-refractivity contribution in [3.05, 3.63) is 96.6 Å². The molecule has 0 aliphatic rings. The number of furan rings is 1. The lowest BCUT2D eigenvalue weighted by Gasteiger charge is -2.20. The first-order valence-electron chi connectivity index (χ1n) is 10.8. The van der Waals surface area contributed by atoms with Crippen LogP contribution >= 0.6 is 0 Å². The molecule has 31 heavy (non-hydrogen) atoms. The zero-order valence-electron chi connectivity index (χ0n) is 18.5. The van der Waals surface area contributed by atoms with Crippen LogP contribution in [0.25, 0.3) is 33.1 Å². The molecule has 0 aliphatic heterocycles. The molecule has 0 fully saturated rings. The van der Waals surface area contributed by atoms with Gasteiger partial charge in [-0.1, -0.05) is 75.4 Å². The Morgan fingerprint density at radius 1 is 0.613 bits per heavy atom. The highest BCUT2D eigenvalue weighted by Gasteiger charge is 2.13. The summed E-state index contributed by atoms with van der Waals surface area (Å²) >= 11 is 0. The van der Waals surface area contributed by atoms with E-state index in [1.54, 1.807) is 0 Å². The molecule has 0 radical (unpaired) electrons. The maximum Gasteiger partial charge on any atom is 0.137 e. The molecule has 5 aromatic rings. The lowest BCUT2D eigenvalue weighted by atomic mass is 9.86. The molecule has 0 bridgehead atoms. The number of nitrogens with zero attached hydrogens (tertiary/aromatic N) is 1. The Hall–Kier alpha value is -3.52. The van der Waals surface area contributed by atoms with Crippen molar-refractivity contribution in [2.45, 2.75) is 26.2 Å². The summed E-state index contributed by atoms with van der Waals surface area (Å²) in [5.41, 5.74) is 8.09. The Bertz CT molecular complexity index is 1350. The zero-order valence-corrected chi connectivity index (χ0v) is 18.5. The van der Waals surface area contributed by atoms with E-state index in [2.05, 4.69) is 112 Å². The molecule has 0 N–H and O–H groups in total. The van der Waals surface area contributed by atoms with E-state index in [1.807, 2.05) is 12.1 Å². The van der Waals surface area contributed by atoms with Gasteiger partial charge in [0.05, 0.1) is 0 Å². The molecule has 154 valence electrons. The quantitative estimate of drug-likeness (QED) is 0.300. The fraction of sp³-hybridized carbons (Fsp3) is 0.172. The Balaban J connectivity index is 1.42. The first kappa shape index (κ1) is 19.4. The minimum atomic E-state index is 0.173. The van der Waals surface area contributed by atoms with Crippen LogP contribution in [-0.4, -0.2) is 7.05 Å². The molecule has 0 saturated heterocycles. The van der Waals surface area contributed by atoms with E-state index in [-0.39, 0.29) is 5.41 Å². The summed E-state index contributed by atoms with van der Waals surface area (Å²) in [5.74, 6) is 0. The van der Waals surface area contributed by atoms with Crippen molar-refractivity contribution in [2.24, 2.45) is 0 Å². The summed E-state index contributed by atoms with van der Waals surface area (Å²) in [6.45, 7) is 6.74. The average Bonchev–Trinajstić information content (AvgIpc) is 3.16. The number of fused-ring (bicyclic) bond motifs is 3. The molecule has 2 nitrogen and oxygen atoms in total. The molecule has 0 saturated carbocycles. The molecule has 1 aromatic heterocycles. The molecule has 0 atom stereocenters. The second-order valence-corrected chi connectivity index (χ2v) is 9.21. The van der Waals surface area contributed by atoms with E-state index in [9.17, 15) is 0 Å². The lowest BCUT2D eigenvalue weighted by Crippen LogP contribution is -2.10. The molecular weight excluding hydrogens is 378 g/mol. The number of para-hydroxylation sites is 1. The van der Waals surface area contributed by atoms with E-state index in [0.717, 1.165) is 33.3 Å². The number of hydrogen-bond acceptors (Lipinski definition) is 2. The minimum Gasteiger partial charge on any atom is -0.456 e. The SMILES string of the molecule is CN(c1ccc(-c2ccc(C(C)(C)C)cc2)cc1)c1ccc2c(c1)oc1ccccc12. The van der Waals surface area contributed by atoms with E-state index in [1.165, 1.54) is 16.7 Å². The van der Waals surface area contributed by atoms with Crippen molar-refractivity contribution < 1.29 is 4.42 Å². The van der Waals surface area contributed by atoms with Crippen LogP contribution in [0.3, 0.4) is 0 Å². The van der Waals surface area contributed by atoms with Gasteiger partial charge < -0.3 is 9.32 Å². The molecule has 4 aromatic carbocycles. The zero-order chi connectivity index (χ0) is 21.6. The summed E-state index contributed by atoms with van der Waals surface area (Å²) < 4.78 is 6.06. The predicted molar refractivity (Wildman–Crippen MR) is 132 cm³/mol. The monoisotopic (exact) mass is 405 g/mol. The van der Waals surface area contributed by atoms with E-state index >= 15 is 0 Å². The van der Waals surface area contributed by atoms with Crippen LogP contribution < -0.4 is 4.90 Å². The normalized spacial score (nSPS) is 11.9. The van der Waals surface area contributed by atoms with Gasteiger partial charge in [0.1, 0.15) is 11.2 Å². The molecule has 5 rings (SSSR count). The third kappa shape index (κ3) is 3.59. The van der Waals surface area contributed by atoms with E-state index in [0.29, 0.717) is 0 Å².